The Balaban J connectivity index is 1.39. The fourth-order valence-corrected chi connectivity index (χ4v) is 4.09. The Labute approximate surface area is 177 Å². The number of ether oxygens (including phenoxy) is 1. The molecular formula is C19H21ClN4O2S2. The van der Waals surface area contributed by atoms with E-state index in [1.54, 1.807) is 41.7 Å². The molecule has 0 aliphatic rings. The van der Waals surface area contributed by atoms with Gasteiger partial charge in [-0.3, -0.25) is 4.79 Å². The van der Waals surface area contributed by atoms with E-state index in [2.05, 4.69) is 21.6 Å². The molecule has 3 aromatic rings. The van der Waals surface area contributed by atoms with Crippen LogP contribution in [0.2, 0.25) is 5.02 Å². The second kappa shape index (κ2) is 10.5. The molecule has 2 heterocycles. The van der Waals surface area contributed by atoms with Gasteiger partial charge in [-0.25, -0.2) is 0 Å². The van der Waals surface area contributed by atoms with Crippen LogP contribution < -0.4 is 4.74 Å². The molecule has 2 aromatic heterocycles. The molecule has 0 bridgehead atoms. The van der Waals surface area contributed by atoms with E-state index >= 15 is 0 Å². The first-order valence-corrected chi connectivity index (χ1v) is 11.0. The highest BCUT2D eigenvalue weighted by atomic mass is 35.5. The number of carbonyl (C=O) groups excluding carboxylic acids is 1. The average molecular weight is 437 g/mol. The Kier molecular flexibility index (Phi) is 7.76. The lowest BCUT2D eigenvalue weighted by atomic mass is 10.3. The van der Waals surface area contributed by atoms with E-state index in [1.807, 2.05) is 22.8 Å². The van der Waals surface area contributed by atoms with Gasteiger partial charge in [-0.05, 0) is 42.1 Å². The molecule has 3 rings (SSSR count). The second-order valence-corrected chi connectivity index (χ2v) is 8.45. The van der Waals surface area contributed by atoms with Crippen LogP contribution in [-0.2, 0) is 17.8 Å². The van der Waals surface area contributed by atoms with E-state index in [-0.39, 0.29) is 5.91 Å². The van der Waals surface area contributed by atoms with Crippen molar-refractivity contribution < 1.29 is 9.53 Å². The SMILES string of the molecule is CN(CCOc1ccc(Cl)cc1)C(=O)CSc1nncn1CCc1cccs1. The van der Waals surface area contributed by atoms with Crippen molar-refractivity contribution in [3.05, 3.63) is 58.0 Å². The van der Waals surface area contributed by atoms with Crippen LogP contribution in [0.25, 0.3) is 0 Å². The fraction of sp³-hybridized carbons (Fsp3) is 0.316. The maximum atomic E-state index is 12.4. The Morgan fingerprint density at radius 2 is 2.14 bits per heavy atom. The minimum absolute atomic E-state index is 0.0255. The van der Waals surface area contributed by atoms with Crippen molar-refractivity contribution in [2.24, 2.45) is 0 Å². The zero-order chi connectivity index (χ0) is 19.8. The third kappa shape index (κ3) is 6.25. The first kappa shape index (κ1) is 20.7. The number of aromatic nitrogens is 3. The quantitative estimate of drug-likeness (QED) is 0.451. The Bertz CT molecular complexity index is 868. The normalized spacial score (nSPS) is 10.8. The molecule has 0 saturated heterocycles. The monoisotopic (exact) mass is 436 g/mol. The molecule has 1 aromatic carbocycles. The van der Waals surface area contributed by atoms with Gasteiger partial charge < -0.3 is 14.2 Å². The predicted molar refractivity (Wildman–Crippen MR) is 113 cm³/mol. The number of halogens is 1. The predicted octanol–water partition coefficient (Wildman–Crippen LogP) is 3.87. The highest BCUT2D eigenvalue weighted by Gasteiger charge is 2.13. The number of carbonyl (C=O) groups is 1. The second-order valence-electron chi connectivity index (χ2n) is 6.04. The van der Waals surface area contributed by atoms with E-state index < -0.39 is 0 Å². The Morgan fingerprint density at radius 3 is 2.89 bits per heavy atom. The smallest absolute Gasteiger partial charge is 0.232 e. The number of rotatable bonds is 10. The summed E-state index contributed by atoms with van der Waals surface area (Å²) in [5, 5.41) is 11.6. The van der Waals surface area contributed by atoms with Gasteiger partial charge in [-0.2, -0.15) is 0 Å². The number of nitrogens with zero attached hydrogens (tertiary/aromatic N) is 4. The van der Waals surface area contributed by atoms with Gasteiger partial charge in [0.25, 0.3) is 0 Å². The van der Waals surface area contributed by atoms with Crippen LogP contribution in [0.15, 0.2) is 53.3 Å². The summed E-state index contributed by atoms with van der Waals surface area (Å²) in [5.74, 6) is 1.07. The number of aryl methyl sites for hydroxylation is 2. The summed E-state index contributed by atoms with van der Waals surface area (Å²) in [5.41, 5.74) is 0. The van der Waals surface area contributed by atoms with E-state index in [0.29, 0.717) is 23.9 Å². The Hall–Kier alpha value is -2.03. The van der Waals surface area contributed by atoms with Gasteiger partial charge in [0.05, 0.1) is 12.3 Å². The minimum Gasteiger partial charge on any atom is -0.492 e. The first-order valence-electron chi connectivity index (χ1n) is 8.77. The summed E-state index contributed by atoms with van der Waals surface area (Å²) in [7, 11) is 1.77. The molecule has 28 heavy (non-hydrogen) atoms. The molecule has 0 aliphatic carbocycles. The molecule has 0 aliphatic heterocycles. The van der Waals surface area contributed by atoms with Crippen molar-refractivity contribution in [2.75, 3.05) is 26.0 Å². The largest absolute Gasteiger partial charge is 0.492 e. The number of thiophene rings is 1. The number of benzene rings is 1. The lowest BCUT2D eigenvalue weighted by molar-refractivity contribution is -0.127. The van der Waals surface area contributed by atoms with Gasteiger partial charge in [0.1, 0.15) is 18.7 Å². The summed E-state index contributed by atoms with van der Waals surface area (Å²) >= 11 is 8.99. The fourth-order valence-electron chi connectivity index (χ4n) is 2.39. The first-order chi connectivity index (χ1) is 13.6. The van der Waals surface area contributed by atoms with Crippen molar-refractivity contribution in [3.63, 3.8) is 0 Å². The molecular weight excluding hydrogens is 416 g/mol. The zero-order valence-electron chi connectivity index (χ0n) is 15.5. The van der Waals surface area contributed by atoms with Crippen LogP contribution >= 0.6 is 34.7 Å². The van der Waals surface area contributed by atoms with Gasteiger partial charge in [0.15, 0.2) is 5.16 Å². The summed E-state index contributed by atoms with van der Waals surface area (Å²) < 4.78 is 7.62. The molecule has 0 fully saturated rings. The van der Waals surface area contributed by atoms with E-state index in [4.69, 9.17) is 16.3 Å². The van der Waals surface area contributed by atoms with Crippen LogP contribution in [0.5, 0.6) is 5.75 Å². The van der Waals surface area contributed by atoms with Crippen LogP contribution in [0.3, 0.4) is 0 Å². The molecule has 0 saturated carbocycles. The summed E-state index contributed by atoms with van der Waals surface area (Å²) in [6.07, 6.45) is 2.64. The van der Waals surface area contributed by atoms with Crippen molar-refractivity contribution in [1.29, 1.82) is 0 Å². The number of hydrogen-bond donors (Lipinski definition) is 0. The lowest BCUT2D eigenvalue weighted by Gasteiger charge is -2.17. The zero-order valence-corrected chi connectivity index (χ0v) is 17.8. The van der Waals surface area contributed by atoms with Crippen molar-refractivity contribution >= 4 is 40.6 Å². The highest BCUT2D eigenvalue weighted by Crippen LogP contribution is 2.18. The van der Waals surface area contributed by atoms with Crippen molar-refractivity contribution in [3.8, 4) is 5.75 Å². The highest BCUT2D eigenvalue weighted by molar-refractivity contribution is 7.99. The summed E-state index contributed by atoms with van der Waals surface area (Å²) in [6.45, 7) is 1.73. The van der Waals surface area contributed by atoms with Crippen LogP contribution in [-0.4, -0.2) is 51.5 Å². The third-order valence-corrected chi connectivity index (χ3v) is 6.17. The van der Waals surface area contributed by atoms with Gasteiger partial charge in [0.2, 0.25) is 5.91 Å². The maximum Gasteiger partial charge on any atom is 0.232 e. The molecule has 0 spiro atoms. The van der Waals surface area contributed by atoms with Gasteiger partial charge in [-0.1, -0.05) is 29.4 Å². The van der Waals surface area contributed by atoms with Crippen molar-refractivity contribution in [2.45, 2.75) is 18.1 Å². The third-order valence-electron chi connectivity index (χ3n) is 4.02. The molecule has 9 heteroatoms. The number of amides is 1. The van der Waals surface area contributed by atoms with E-state index in [9.17, 15) is 4.79 Å². The van der Waals surface area contributed by atoms with E-state index in [1.165, 1.54) is 16.6 Å². The van der Waals surface area contributed by atoms with Crippen molar-refractivity contribution in [1.82, 2.24) is 19.7 Å². The van der Waals surface area contributed by atoms with Crippen LogP contribution in [0, 0.1) is 0 Å². The molecule has 0 radical (unpaired) electrons. The standard InChI is InChI=1S/C19H21ClN4O2S2/c1-23(10-11-26-16-6-4-15(20)5-7-16)18(25)13-28-19-22-21-14-24(19)9-8-17-3-2-12-27-17/h2-7,12,14H,8-11,13H2,1H3. The average Bonchev–Trinajstić information content (AvgIpc) is 3.37. The molecule has 6 nitrogen and oxygen atoms in total. The molecule has 148 valence electrons. The maximum absolute atomic E-state index is 12.4. The number of likely N-dealkylation sites (N-methyl/N-ethyl adjacent to an activating group) is 1. The Morgan fingerprint density at radius 1 is 1.32 bits per heavy atom. The molecule has 0 unspecified atom stereocenters. The molecule has 0 atom stereocenters. The number of thioether (sulfide) groups is 1. The minimum atomic E-state index is 0.0255. The lowest BCUT2D eigenvalue weighted by Crippen LogP contribution is -2.32. The van der Waals surface area contributed by atoms with Crippen LogP contribution in [0.1, 0.15) is 4.88 Å². The summed E-state index contributed by atoms with van der Waals surface area (Å²) in [4.78, 5) is 15.3. The number of hydrogen-bond acceptors (Lipinski definition) is 6. The topological polar surface area (TPSA) is 60.2 Å². The molecule has 0 N–H and O–H groups in total. The summed E-state index contributed by atoms with van der Waals surface area (Å²) in [6, 6.07) is 11.3. The molecule has 1 amide bonds. The van der Waals surface area contributed by atoms with Gasteiger partial charge in [0, 0.05) is 23.5 Å². The van der Waals surface area contributed by atoms with Gasteiger partial charge >= 0.3 is 0 Å². The van der Waals surface area contributed by atoms with Crippen LogP contribution in [0.4, 0.5) is 0 Å². The van der Waals surface area contributed by atoms with E-state index in [0.717, 1.165) is 23.9 Å². The van der Waals surface area contributed by atoms with Gasteiger partial charge in [-0.15, -0.1) is 21.5 Å².